The Kier molecular flexibility index (Phi) is 17.5. The van der Waals surface area contributed by atoms with Crippen LogP contribution in [0.1, 0.15) is 107 Å². The number of fused-ring (bicyclic) bond motifs is 1. The number of unbranched alkanes of at least 4 members (excludes halogenated alkanes) is 5. The minimum atomic E-state index is -3.94. The zero-order valence-corrected chi connectivity index (χ0v) is 35.2. The summed E-state index contributed by atoms with van der Waals surface area (Å²) in [6.45, 7) is 1.30. The smallest absolute Gasteiger partial charge is 0.315 e. The molecule has 17 heteroatoms. The molecule has 2 saturated heterocycles. The Labute approximate surface area is 355 Å². The van der Waals surface area contributed by atoms with Gasteiger partial charge in [-0.1, -0.05) is 61.7 Å². The maximum absolute atomic E-state index is 13.3. The van der Waals surface area contributed by atoms with E-state index >= 15 is 0 Å². The average Bonchev–Trinajstić information content (AvgIpc) is 3.81. The van der Waals surface area contributed by atoms with Crippen LogP contribution in [0.2, 0.25) is 0 Å². The first-order valence-electron chi connectivity index (χ1n) is 20.5. The van der Waals surface area contributed by atoms with Gasteiger partial charge >= 0.3 is 6.03 Å². The monoisotopic (exact) mass is 861 g/mol. The fourth-order valence-electron chi connectivity index (χ4n) is 7.14. The summed E-state index contributed by atoms with van der Waals surface area (Å²) in [5.74, 6) is -0.388. The van der Waals surface area contributed by atoms with Crippen molar-refractivity contribution in [1.29, 1.82) is 0 Å². The van der Waals surface area contributed by atoms with Crippen LogP contribution < -0.4 is 37.0 Å². The molecule has 3 aromatic carbocycles. The zero-order chi connectivity index (χ0) is 42.9. The Morgan fingerprint density at radius 1 is 0.683 bits per heavy atom. The predicted molar refractivity (Wildman–Crippen MR) is 230 cm³/mol. The third-order valence-corrected chi connectivity index (χ3v) is 13.0. The van der Waals surface area contributed by atoms with Crippen LogP contribution in [0.15, 0.2) is 83.8 Å². The average molecular weight is 862 g/mol. The molecule has 0 saturated carbocycles. The summed E-state index contributed by atoms with van der Waals surface area (Å²) < 4.78 is 23.3. The van der Waals surface area contributed by atoms with E-state index in [0.717, 1.165) is 44.3 Å². The van der Waals surface area contributed by atoms with Gasteiger partial charge in [-0.15, -0.1) is 0 Å². The SMILES string of the molecule is NS(=O)(=O)c1ccc(C(=O)N[C@@H](CCCCNC(=O)c2ccc(C(=O)c3ccccc3)cc2)C(=O)NCCCCCCNC(=O)CCCC[C@@H]2SCC3NC(=O)NC32)cc1. The number of hydrogen-bond donors (Lipinski definition) is 7. The highest BCUT2D eigenvalue weighted by Crippen LogP contribution is 2.33. The summed E-state index contributed by atoms with van der Waals surface area (Å²) in [4.78, 5) is 75.6. The van der Waals surface area contributed by atoms with Crippen molar-refractivity contribution < 1.29 is 37.2 Å². The van der Waals surface area contributed by atoms with E-state index in [4.69, 9.17) is 5.14 Å². The molecule has 0 bridgehead atoms. The number of carbonyl (C=O) groups is 6. The van der Waals surface area contributed by atoms with E-state index in [9.17, 15) is 37.2 Å². The molecule has 2 aliphatic heterocycles. The highest BCUT2D eigenvalue weighted by atomic mass is 32.2. The van der Waals surface area contributed by atoms with Gasteiger partial charge in [0.15, 0.2) is 5.78 Å². The number of primary sulfonamides is 1. The molecule has 3 aromatic rings. The number of nitrogens with one attached hydrogen (secondary N) is 6. The second kappa shape index (κ2) is 22.9. The Balaban J connectivity index is 0.984. The van der Waals surface area contributed by atoms with Crippen LogP contribution in [0.3, 0.4) is 0 Å². The molecule has 15 nitrogen and oxygen atoms in total. The maximum Gasteiger partial charge on any atom is 0.315 e. The lowest BCUT2D eigenvalue weighted by Crippen LogP contribution is -2.47. The van der Waals surface area contributed by atoms with Gasteiger partial charge in [0.2, 0.25) is 21.8 Å². The molecule has 322 valence electrons. The minimum Gasteiger partial charge on any atom is -0.356 e. The number of carbonyl (C=O) groups excluding carboxylic acids is 6. The number of benzene rings is 3. The van der Waals surface area contributed by atoms with Gasteiger partial charge in [-0.3, -0.25) is 24.0 Å². The van der Waals surface area contributed by atoms with Crippen molar-refractivity contribution in [3.63, 3.8) is 0 Å². The first-order valence-corrected chi connectivity index (χ1v) is 23.1. The van der Waals surface area contributed by atoms with Gasteiger partial charge in [-0.05, 0) is 81.3 Å². The number of rotatable bonds is 24. The minimum absolute atomic E-state index is 0.0362. The number of ketones is 1. The molecular weight excluding hydrogens is 807 g/mol. The van der Waals surface area contributed by atoms with E-state index in [1.807, 2.05) is 17.8 Å². The first kappa shape index (κ1) is 45.8. The Morgan fingerprint density at radius 2 is 1.28 bits per heavy atom. The number of thioether (sulfide) groups is 1. The fourth-order valence-corrected chi connectivity index (χ4v) is 9.20. The van der Waals surface area contributed by atoms with Crippen molar-refractivity contribution in [1.82, 2.24) is 31.9 Å². The predicted octanol–water partition coefficient (Wildman–Crippen LogP) is 3.78. The van der Waals surface area contributed by atoms with Gasteiger partial charge in [-0.2, -0.15) is 11.8 Å². The molecule has 2 aliphatic rings. The molecule has 0 spiro atoms. The largest absolute Gasteiger partial charge is 0.356 e. The van der Waals surface area contributed by atoms with Gasteiger partial charge in [-0.25, -0.2) is 18.4 Å². The van der Waals surface area contributed by atoms with Crippen molar-refractivity contribution in [2.75, 3.05) is 25.4 Å². The molecule has 2 heterocycles. The van der Waals surface area contributed by atoms with Crippen LogP contribution in [0.4, 0.5) is 4.79 Å². The third-order valence-electron chi connectivity index (χ3n) is 10.5. The van der Waals surface area contributed by atoms with Crippen LogP contribution in [-0.4, -0.2) is 92.6 Å². The van der Waals surface area contributed by atoms with Crippen LogP contribution in [0.5, 0.6) is 0 Å². The van der Waals surface area contributed by atoms with Crippen LogP contribution in [-0.2, 0) is 19.6 Å². The van der Waals surface area contributed by atoms with E-state index in [-0.39, 0.29) is 58.5 Å². The number of amides is 6. The molecular formula is C43H55N7O8S2. The number of sulfonamides is 1. The van der Waals surface area contributed by atoms with Gasteiger partial charge in [0.25, 0.3) is 11.8 Å². The first-order chi connectivity index (χ1) is 28.9. The van der Waals surface area contributed by atoms with Gasteiger partial charge < -0.3 is 31.9 Å². The van der Waals surface area contributed by atoms with Crippen molar-refractivity contribution in [2.24, 2.45) is 5.14 Å². The number of urea groups is 1. The highest BCUT2D eigenvalue weighted by molar-refractivity contribution is 8.00. The highest BCUT2D eigenvalue weighted by Gasteiger charge is 2.42. The van der Waals surface area contributed by atoms with Crippen molar-refractivity contribution in [3.8, 4) is 0 Å². The van der Waals surface area contributed by atoms with E-state index in [1.54, 1.807) is 48.5 Å². The lowest BCUT2D eigenvalue weighted by atomic mass is 10.0. The van der Waals surface area contributed by atoms with E-state index in [0.29, 0.717) is 67.3 Å². The summed E-state index contributed by atoms with van der Waals surface area (Å²) in [6.07, 6.45) is 7.72. The quantitative estimate of drug-likeness (QED) is 0.0394. The standard InChI is InChI=1S/C43H55N7O8S2/c44-60(57,58)33-23-21-32(22-24-33)41(54)48-34(14-8-11-27-46-40(53)31-19-17-30(18-20-31)39(52)29-12-4-3-5-13-29)42(55)47-26-10-2-1-9-25-45-37(51)16-7-6-15-36-38-35(28-59-36)49-43(56)50-38/h3-5,12-13,17-24,34-36,38H,1-2,6-11,14-16,25-28H2,(H,45,51)(H,46,53)(H,47,55)(H,48,54)(H2,44,57,58)(H2,49,50,56)/t34-,35?,36-,38?/m0/s1. The normalized spacial score (nSPS) is 17.4. The fraction of sp³-hybridized carbons (Fsp3) is 0.442. The summed E-state index contributed by atoms with van der Waals surface area (Å²) in [5, 5.41) is 23.0. The molecule has 0 aromatic heterocycles. The van der Waals surface area contributed by atoms with Crippen LogP contribution in [0, 0.1) is 0 Å². The summed E-state index contributed by atoms with van der Waals surface area (Å²) in [5.41, 5.74) is 1.60. The van der Waals surface area contributed by atoms with E-state index in [1.165, 1.54) is 24.3 Å². The Bertz CT molecular complexity index is 2050. The van der Waals surface area contributed by atoms with Gasteiger partial charge in [0.1, 0.15) is 6.04 Å². The molecule has 5 rings (SSSR count). The lowest BCUT2D eigenvalue weighted by molar-refractivity contribution is -0.123. The maximum atomic E-state index is 13.3. The van der Waals surface area contributed by atoms with E-state index < -0.39 is 22.0 Å². The third kappa shape index (κ3) is 14.2. The number of nitrogens with two attached hydrogens (primary N) is 1. The van der Waals surface area contributed by atoms with Crippen LogP contribution >= 0.6 is 11.8 Å². The molecule has 4 atom stereocenters. The molecule has 8 N–H and O–H groups in total. The topological polar surface area (TPSA) is 235 Å². The van der Waals surface area contributed by atoms with E-state index in [2.05, 4.69) is 31.9 Å². The molecule has 2 unspecified atom stereocenters. The Morgan fingerprint density at radius 3 is 1.98 bits per heavy atom. The summed E-state index contributed by atoms with van der Waals surface area (Å²) in [7, 11) is -3.94. The van der Waals surface area contributed by atoms with Crippen molar-refractivity contribution >= 4 is 57.2 Å². The summed E-state index contributed by atoms with van der Waals surface area (Å²) in [6, 6.07) is 19.8. The Hall–Kier alpha value is -5.26. The second-order valence-electron chi connectivity index (χ2n) is 15.0. The lowest BCUT2D eigenvalue weighted by Gasteiger charge is -2.19. The molecule has 0 radical (unpaired) electrons. The molecule has 0 aliphatic carbocycles. The molecule has 60 heavy (non-hydrogen) atoms. The molecule has 6 amide bonds. The molecule has 2 fully saturated rings. The van der Waals surface area contributed by atoms with Crippen molar-refractivity contribution in [3.05, 3.63) is 101 Å². The van der Waals surface area contributed by atoms with Gasteiger partial charge in [0, 0.05) is 59.3 Å². The summed E-state index contributed by atoms with van der Waals surface area (Å²) >= 11 is 1.88. The van der Waals surface area contributed by atoms with Crippen molar-refractivity contribution in [2.45, 2.75) is 98.9 Å². The van der Waals surface area contributed by atoms with Crippen LogP contribution in [0.25, 0.3) is 0 Å². The van der Waals surface area contributed by atoms with Gasteiger partial charge in [0.05, 0.1) is 17.0 Å². The second-order valence-corrected chi connectivity index (χ2v) is 17.9. The number of hydrogen-bond acceptors (Lipinski definition) is 9. The zero-order valence-electron chi connectivity index (χ0n) is 33.6.